The van der Waals surface area contributed by atoms with E-state index in [0.717, 1.165) is 17.8 Å². The molecule has 0 spiro atoms. The van der Waals surface area contributed by atoms with E-state index >= 15 is 0 Å². The number of ether oxygens (including phenoxy) is 1. The van der Waals surface area contributed by atoms with Crippen LogP contribution in [0.15, 0.2) is 60.8 Å². The minimum Gasteiger partial charge on any atom is -0.495 e. The number of fused-ring (bicyclic) bond motifs is 1. The summed E-state index contributed by atoms with van der Waals surface area (Å²) in [6.45, 7) is 1.33. The Labute approximate surface area is 168 Å². The Morgan fingerprint density at radius 2 is 1.96 bits per heavy atom. The first-order valence-corrected chi connectivity index (χ1v) is 9.44. The fourth-order valence-electron chi connectivity index (χ4n) is 3.36. The van der Waals surface area contributed by atoms with E-state index in [2.05, 4.69) is 22.4 Å². The van der Waals surface area contributed by atoms with E-state index in [-0.39, 0.29) is 5.91 Å². The maximum absolute atomic E-state index is 12.8. The Kier molecular flexibility index (Phi) is 5.17. The third kappa shape index (κ3) is 3.80. The lowest BCUT2D eigenvalue weighted by Gasteiger charge is -2.28. The number of rotatable bonds is 4. The van der Waals surface area contributed by atoms with Gasteiger partial charge in [0.25, 0.3) is 5.91 Å². The van der Waals surface area contributed by atoms with Gasteiger partial charge in [0.2, 0.25) is 0 Å². The highest BCUT2D eigenvalue weighted by atomic mass is 35.5. The Bertz CT molecular complexity index is 1000. The number of carbonyl (C=O) groups excluding carboxylic acids is 1. The Balaban J connectivity index is 1.48. The second-order valence-electron chi connectivity index (χ2n) is 6.65. The van der Waals surface area contributed by atoms with E-state index < -0.39 is 0 Å². The summed E-state index contributed by atoms with van der Waals surface area (Å²) in [5, 5.41) is 3.83. The lowest BCUT2D eigenvalue weighted by atomic mass is 10.00. The van der Waals surface area contributed by atoms with Crippen molar-refractivity contribution in [1.29, 1.82) is 0 Å². The molecule has 3 aromatic rings. The van der Waals surface area contributed by atoms with Crippen molar-refractivity contribution in [2.24, 2.45) is 0 Å². The van der Waals surface area contributed by atoms with Crippen LogP contribution in [0.2, 0.25) is 5.02 Å². The van der Waals surface area contributed by atoms with Crippen LogP contribution in [0.25, 0.3) is 0 Å². The van der Waals surface area contributed by atoms with Gasteiger partial charge in [-0.3, -0.25) is 4.79 Å². The average molecular weight is 394 g/mol. The number of anilines is 2. The number of hydrogen-bond donors (Lipinski definition) is 1. The number of pyridine rings is 1. The first kappa shape index (κ1) is 18.3. The number of benzene rings is 2. The van der Waals surface area contributed by atoms with Crippen LogP contribution in [0.1, 0.15) is 21.6 Å². The van der Waals surface area contributed by atoms with Crippen LogP contribution in [-0.4, -0.2) is 29.4 Å². The zero-order valence-electron chi connectivity index (χ0n) is 15.5. The molecule has 142 valence electrons. The summed E-state index contributed by atoms with van der Waals surface area (Å²) in [5.41, 5.74) is 4.44. The summed E-state index contributed by atoms with van der Waals surface area (Å²) < 4.78 is 5.34. The van der Waals surface area contributed by atoms with Gasteiger partial charge in [-0.2, -0.15) is 0 Å². The molecular formula is C22H20ClN3O2. The molecule has 4 rings (SSSR count). The van der Waals surface area contributed by atoms with Crippen molar-refractivity contribution in [2.45, 2.75) is 13.0 Å². The van der Waals surface area contributed by atoms with Crippen molar-refractivity contribution < 1.29 is 9.53 Å². The minimum atomic E-state index is -0.0543. The number of carbonyl (C=O) groups is 1. The fraction of sp³-hybridized carbons (Fsp3) is 0.182. The molecule has 2 heterocycles. The zero-order valence-corrected chi connectivity index (χ0v) is 16.2. The van der Waals surface area contributed by atoms with E-state index in [4.69, 9.17) is 16.3 Å². The van der Waals surface area contributed by atoms with Gasteiger partial charge < -0.3 is 15.0 Å². The van der Waals surface area contributed by atoms with Crippen molar-refractivity contribution >= 4 is 28.9 Å². The molecule has 0 atom stereocenters. The molecule has 0 aliphatic carbocycles. The van der Waals surface area contributed by atoms with Crippen molar-refractivity contribution in [3.63, 3.8) is 0 Å². The minimum absolute atomic E-state index is 0.0543. The average Bonchev–Trinajstić information content (AvgIpc) is 2.73. The normalized spacial score (nSPS) is 13.0. The monoisotopic (exact) mass is 393 g/mol. The standard InChI is InChI=1S/C22H20ClN3O2/c1-28-21-9-6-17(23)12-20(21)25-18-7-8-19(24-13-18)22(27)26-11-10-15-4-2-3-5-16(15)14-26/h2-9,12-13,25H,10-11,14H2,1H3. The molecule has 0 radical (unpaired) electrons. The number of halogens is 1. The smallest absolute Gasteiger partial charge is 0.272 e. The van der Waals surface area contributed by atoms with Crippen molar-refractivity contribution in [3.8, 4) is 5.75 Å². The molecule has 5 nitrogen and oxygen atoms in total. The Morgan fingerprint density at radius 1 is 1.14 bits per heavy atom. The molecule has 1 aromatic heterocycles. The van der Waals surface area contributed by atoms with E-state index in [1.807, 2.05) is 23.1 Å². The number of nitrogens with zero attached hydrogens (tertiary/aromatic N) is 2. The summed E-state index contributed by atoms with van der Waals surface area (Å²) >= 11 is 6.07. The van der Waals surface area contributed by atoms with Gasteiger partial charge in [-0.05, 0) is 47.9 Å². The van der Waals surface area contributed by atoms with Gasteiger partial charge in [0.05, 0.1) is 24.7 Å². The maximum Gasteiger partial charge on any atom is 0.272 e. The summed E-state index contributed by atoms with van der Waals surface area (Å²) in [7, 11) is 1.60. The van der Waals surface area contributed by atoms with Crippen molar-refractivity contribution in [1.82, 2.24) is 9.88 Å². The second kappa shape index (κ2) is 7.90. The molecular weight excluding hydrogens is 374 g/mol. The summed E-state index contributed by atoms with van der Waals surface area (Å²) in [6.07, 6.45) is 2.52. The lowest BCUT2D eigenvalue weighted by molar-refractivity contribution is 0.0729. The first-order valence-electron chi connectivity index (χ1n) is 9.07. The van der Waals surface area contributed by atoms with Gasteiger partial charge in [0.1, 0.15) is 11.4 Å². The van der Waals surface area contributed by atoms with Gasteiger partial charge in [-0.15, -0.1) is 0 Å². The third-order valence-corrected chi connectivity index (χ3v) is 5.08. The quantitative estimate of drug-likeness (QED) is 0.698. The van der Waals surface area contributed by atoms with Crippen molar-refractivity contribution in [3.05, 3.63) is 82.6 Å². The van der Waals surface area contributed by atoms with E-state index in [1.54, 1.807) is 37.6 Å². The van der Waals surface area contributed by atoms with E-state index in [1.165, 1.54) is 11.1 Å². The molecule has 2 aromatic carbocycles. The van der Waals surface area contributed by atoms with Crippen LogP contribution in [0.3, 0.4) is 0 Å². The van der Waals surface area contributed by atoms with Crippen LogP contribution >= 0.6 is 11.6 Å². The Morgan fingerprint density at radius 3 is 2.71 bits per heavy atom. The molecule has 0 fully saturated rings. The van der Waals surface area contributed by atoms with E-state index in [0.29, 0.717) is 29.6 Å². The van der Waals surface area contributed by atoms with Crippen molar-refractivity contribution in [2.75, 3.05) is 19.0 Å². The lowest BCUT2D eigenvalue weighted by Crippen LogP contribution is -2.36. The molecule has 1 amide bonds. The zero-order chi connectivity index (χ0) is 19.5. The van der Waals surface area contributed by atoms with Crippen LogP contribution in [0.5, 0.6) is 5.75 Å². The molecule has 0 unspecified atom stereocenters. The molecule has 0 saturated heterocycles. The van der Waals surface area contributed by atoms with Gasteiger partial charge in [-0.25, -0.2) is 4.98 Å². The SMILES string of the molecule is COc1ccc(Cl)cc1Nc1ccc(C(=O)N2CCc3ccccc3C2)nc1. The van der Waals surface area contributed by atoms with Crippen LogP contribution < -0.4 is 10.1 Å². The number of hydrogen-bond acceptors (Lipinski definition) is 4. The number of amides is 1. The highest BCUT2D eigenvalue weighted by Crippen LogP contribution is 2.30. The first-order chi connectivity index (χ1) is 13.6. The van der Waals surface area contributed by atoms with Gasteiger partial charge in [-0.1, -0.05) is 35.9 Å². The highest BCUT2D eigenvalue weighted by molar-refractivity contribution is 6.31. The topological polar surface area (TPSA) is 54.5 Å². The maximum atomic E-state index is 12.8. The Hall–Kier alpha value is -3.05. The van der Waals surface area contributed by atoms with Crippen LogP contribution in [0, 0.1) is 0 Å². The fourth-order valence-corrected chi connectivity index (χ4v) is 3.53. The predicted molar refractivity (Wildman–Crippen MR) is 110 cm³/mol. The number of nitrogens with one attached hydrogen (secondary N) is 1. The summed E-state index contributed by atoms with van der Waals surface area (Å²) in [5.74, 6) is 0.623. The highest BCUT2D eigenvalue weighted by Gasteiger charge is 2.22. The third-order valence-electron chi connectivity index (χ3n) is 4.84. The van der Waals surface area contributed by atoms with Crippen LogP contribution in [-0.2, 0) is 13.0 Å². The molecule has 0 saturated carbocycles. The molecule has 6 heteroatoms. The van der Waals surface area contributed by atoms with Gasteiger partial charge >= 0.3 is 0 Å². The second-order valence-corrected chi connectivity index (χ2v) is 7.08. The predicted octanol–water partition coefficient (Wildman–Crippen LogP) is 4.69. The van der Waals surface area contributed by atoms with Crippen LogP contribution in [0.4, 0.5) is 11.4 Å². The molecule has 1 N–H and O–H groups in total. The van der Waals surface area contributed by atoms with E-state index in [9.17, 15) is 4.79 Å². The summed E-state index contributed by atoms with van der Waals surface area (Å²) in [4.78, 5) is 19.0. The summed E-state index contributed by atoms with van der Waals surface area (Å²) in [6, 6.07) is 17.2. The molecule has 28 heavy (non-hydrogen) atoms. The molecule has 1 aliphatic rings. The molecule has 1 aliphatic heterocycles. The van der Waals surface area contributed by atoms with Gasteiger partial charge in [0.15, 0.2) is 0 Å². The number of methoxy groups -OCH3 is 1. The largest absolute Gasteiger partial charge is 0.495 e. The van der Waals surface area contributed by atoms with Gasteiger partial charge in [0, 0.05) is 18.1 Å². The number of aromatic nitrogens is 1. The molecule has 0 bridgehead atoms.